The molecule has 0 saturated carbocycles. The van der Waals surface area contributed by atoms with E-state index in [4.69, 9.17) is 21.1 Å². The number of Topliss-reactive ketones (excluding diaryl/α,β-unsaturated/α-hetero) is 1. The molecule has 0 spiro atoms. The highest BCUT2D eigenvalue weighted by Gasteiger charge is 2.27. The molecule has 0 N–H and O–H groups in total. The summed E-state index contributed by atoms with van der Waals surface area (Å²) in [6, 6.07) is 1.79. The van der Waals surface area contributed by atoms with Crippen LogP contribution in [0.5, 0.6) is 11.5 Å². The SMILES string of the molecule is O=C1CCCCc2c(Cl)cc3c(c21)OCCCO3. The molecule has 0 saturated heterocycles. The second-order valence-corrected chi connectivity index (χ2v) is 5.13. The fourth-order valence-corrected chi connectivity index (χ4v) is 2.85. The van der Waals surface area contributed by atoms with Gasteiger partial charge in [-0.3, -0.25) is 4.79 Å². The van der Waals surface area contributed by atoms with Gasteiger partial charge in [0.05, 0.1) is 18.8 Å². The van der Waals surface area contributed by atoms with Crippen molar-refractivity contribution in [2.45, 2.75) is 32.1 Å². The quantitative estimate of drug-likeness (QED) is 0.675. The van der Waals surface area contributed by atoms with Crippen LogP contribution in [0.25, 0.3) is 0 Å². The van der Waals surface area contributed by atoms with Crippen LogP contribution in [0.4, 0.5) is 0 Å². The number of halogens is 1. The summed E-state index contributed by atoms with van der Waals surface area (Å²) in [6.45, 7) is 1.20. The highest BCUT2D eigenvalue weighted by Crippen LogP contribution is 2.42. The van der Waals surface area contributed by atoms with Gasteiger partial charge in [-0.2, -0.15) is 0 Å². The third kappa shape index (κ3) is 1.97. The van der Waals surface area contributed by atoms with Crippen molar-refractivity contribution in [1.82, 2.24) is 0 Å². The van der Waals surface area contributed by atoms with Crippen LogP contribution in [0.3, 0.4) is 0 Å². The summed E-state index contributed by atoms with van der Waals surface area (Å²) in [5, 5.41) is 0.629. The number of hydrogen-bond donors (Lipinski definition) is 0. The second kappa shape index (κ2) is 4.81. The average Bonchev–Trinajstić information content (AvgIpc) is 2.68. The monoisotopic (exact) mass is 266 g/mol. The standard InChI is InChI=1S/C14H15ClO3/c15-10-8-12-14(18-7-3-6-17-12)13-9(10)4-1-2-5-11(13)16/h8H,1-7H2. The minimum absolute atomic E-state index is 0.131. The van der Waals surface area contributed by atoms with E-state index in [1.54, 1.807) is 6.07 Å². The number of hydrogen-bond acceptors (Lipinski definition) is 3. The number of rotatable bonds is 0. The van der Waals surface area contributed by atoms with Gasteiger partial charge in [0.15, 0.2) is 17.3 Å². The molecule has 0 amide bonds. The van der Waals surface area contributed by atoms with Crippen LogP contribution in [-0.2, 0) is 6.42 Å². The Morgan fingerprint density at radius 1 is 1.06 bits per heavy atom. The lowest BCUT2D eigenvalue weighted by molar-refractivity contribution is 0.0978. The lowest BCUT2D eigenvalue weighted by Gasteiger charge is -2.15. The van der Waals surface area contributed by atoms with Crippen molar-refractivity contribution in [3.63, 3.8) is 0 Å². The summed E-state index contributed by atoms with van der Waals surface area (Å²) in [4.78, 5) is 12.2. The minimum atomic E-state index is 0.131. The molecule has 0 bridgehead atoms. The maximum atomic E-state index is 12.2. The van der Waals surface area contributed by atoms with E-state index in [1.165, 1.54) is 0 Å². The van der Waals surface area contributed by atoms with E-state index in [1.807, 2.05) is 0 Å². The van der Waals surface area contributed by atoms with Crippen molar-refractivity contribution in [3.05, 3.63) is 22.2 Å². The van der Waals surface area contributed by atoms with E-state index in [2.05, 4.69) is 0 Å². The maximum absolute atomic E-state index is 12.2. The zero-order valence-electron chi connectivity index (χ0n) is 10.1. The third-order valence-electron chi connectivity index (χ3n) is 3.45. The molecule has 4 heteroatoms. The molecule has 1 aromatic rings. The molecule has 2 aliphatic rings. The van der Waals surface area contributed by atoms with Crippen LogP contribution < -0.4 is 9.47 Å². The van der Waals surface area contributed by atoms with Crippen LogP contribution >= 0.6 is 11.6 Å². The van der Waals surface area contributed by atoms with Crippen molar-refractivity contribution in [1.29, 1.82) is 0 Å². The Hall–Kier alpha value is -1.22. The number of benzene rings is 1. The second-order valence-electron chi connectivity index (χ2n) is 4.72. The summed E-state index contributed by atoms with van der Waals surface area (Å²) in [7, 11) is 0. The van der Waals surface area contributed by atoms with Crippen molar-refractivity contribution in [2.24, 2.45) is 0 Å². The molecule has 0 unspecified atom stereocenters. The topological polar surface area (TPSA) is 35.5 Å². The summed E-state index contributed by atoms with van der Waals surface area (Å²) in [5.41, 5.74) is 1.60. The van der Waals surface area contributed by atoms with Gasteiger partial charge in [0.2, 0.25) is 0 Å². The number of ether oxygens (including phenoxy) is 2. The molecule has 3 nitrogen and oxygen atoms in total. The van der Waals surface area contributed by atoms with Crippen LogP contribution in [0.2, 0.25) is 5.02 Å². The van der Waals surface area contributed by atoms with Gasteiger partial charge in [-0.05, 0) is 24.8 Å². The molecule has 96 valence electrons. The normalized spacial score (nSPS) is 18.8. The Balaban J connectivity index is 2.20. The van der Waals surface area contributed by atoms with Crippen LogP contribution in [-0.4, -0.2) is 19.0 Å². The van der Waals surface area contributed by atoms with Crippen molar-refractivity contribution in [3.8, 4) is 11.5 Å². The largest absolute Gasteiger partial charge is 0.489 e. The molecule has 0 aromatic heterocycles. The van der Waals surface area contributed by atoms with Crippen LogP contribution in [0, 0.1) is 0 Å². The first-order chi connectivity index (χ1) is 8.77. The molecule has 1 heterocycles. The summed E-state index contributed by atoms with van der Waals surface area (Å²) in [6.07, 6.45) is 4.16. The smallest absolute Gasteiger partial charge is 0.172 e. The van der Waals surface area contributed by atoms with Gasteiger partial charge in [-0.1, -0.05) is 11.6 Å². The van der Waals surface area contributed by atoms with E-state index in [0.717, 1.165) is 31.2 Å². The van der Waals surface area contributed by atoms with Crippen molar-refractivity contribution >= 4 is 17.4 Å². The number of carbonyl (C=O) groups excluding carboxylic acids is 1. The highest BCUT2D eigenvalue weighted by molar-refractivity contribution is 6.32. The Kier molecular flexibility index (Phi) is 3.16. The molecule has 1 aliphatic heterocycles. The average molecular weight is 267 g/mol. The highest BCUT2D eigenvalue weighted by atomic mass is 35.5. The Bertz CT molecular complexity index is 496. The van der Waals surface area contributed by atoms with Gasteiger partial charge < -0.3 is 9.47 Å². The van der Waals surface area contributed by atoms with Gasteiger partial charge in [0, 0.05) is 23.9 Å². The van der Waals surface area contributed by atoms with E-state index in [-0.39, 0.29) is 5.78 Å². The first kappa shape index (κ1) is 11.8. The lowest BCUT2D eigenvalue weighted by atomic mass is 10.00. The minimum Gasteiger partial charge on any atom is -0.489 e. The maximum Gasteiger partial charge on any atom is 0.172 e. The fraction of sp³-hybridized carbons (Fsp3) is 0.500. The number of carbonyl (C=O) groups is 1. The predicted molar refractivity (Wildman–Crippen MR) is 68.9 cm³/mol. The first-order valence-corrected chi connectivity index (χ1v) is 6.79. The predicted octanol–water partition coefficient (Wildman–Crippen LogP) is 3.41. The number of fused-ring (bicyclic) bond motifs is 3. The molecule has 1 aliphatic carbocycles. The Labute approximate surface area is 111 Å². The number of ketones is 1. The van der Waals surface area contributed by atoms with Crippen LogP contribution in [0.15, 0.2) is 6.07 Å². The van der Waals surface area contributed by atoms with Crippen LogP contribution in [0.1, 0.15) is 41.6 Å². The Morgan fingerprint density at radius 2 is 1.83 bits per heavy atom. The van der Waals surface area contributed by atoms with Gasteiger partial charge in [0.1, 0.15) is 0 Å². The van der Waals surface area contributed by atoms with Crippen molar-refractivity contribution in [2.75, 3.05) is 13.2 Å². The summed E-state index contributed by atoms with van der Waals surface area (Å²) >= 11 is 6.28. The summed E-state index contributed by atoms with van der Waals surface area (Å²) < 4.78 is 11.3. The molecule has 0 fully saturated rings. The van der Waals surface area contributed by atoms with Gasteiger partial charge in [-0.15, -0.1) is 0 Å². The van der Waals surface area contributed by atoms with E-state index < -0.39 is 0 Å². The van der Waals surface area contributed by atoms with Gasteiger partial charge in [-0.25, -0.2) is 0 Å². The van der Waals surface area contributed by atoms with Gasteiger partial charge in [0.25, 0.3) is 0 Å². The Morgan fingerprint density at radius 3 is 2.72 bits per heavy atom. The molecular formula is C14H15ClO3. The lowest BCUT2D eigenvalue weighted by Crippen LogP contribution is -2.06. The fourth-order valence-electron chi connectivity index (χ4n) is 2.56. The zero-order valence-corrected chi connectivity index (χ0v) is 10.9. The van der Waals surface area contributed by atoms with Gasteiger partial charge >= 0.3 is 0 Å². The van der Waals surface area contributed by atoms with Crippen molar-refractivity contribution < 1.29 is 14.3 Å². The van der Waals surface area contributed by atoms with E-state index in [9.17, 15) is 4.79 Å². The molecule has 1 aromatic carbocycles. The van der Waals surface area contributed by atoms with E-state index >= 15 is 0 Å². The first-order valence-electron chi connectivity index (χ1n) is 6.41. The zero-order chi connectivity index (χ0) is 12.5. The van der Waals surface area contributed by atoms with E-state index in [0.29, 0.717) is 41.7 Å². The molecule has 3 rings (SSSR count). The molecule has 18 heavy (non-hydrogen) atoms. The molecule has 0 atom stereocenters. The third-order valence-corrected chi connectivity index (χ3v) is 3.79. The molecule has 0 radical (unpaired) electrons. The summed E-state index contributed by atoms with van der Waals surface area (Å²) in [5.74, 6) is 1.36. The molecular weight excluding hydrogens is 252 g/mol.